The summed E-state index contributed by atoms with van der Waals surface area (Å²) in [6.07, 6.45) is 0. The van der Waals surface area contributed by atoms with Crippen LogP contribution in [0.3, 0.4) is 0 Å². The molecule has 1 rings (SSSR count). The summed E-state index contributed by atoms with van der Waals surface area (Å²) in [6.45, 7) is 7.26. The first kappa shape index (κ1) is 17.0. The van der Waals surface area contributed by atoms with Gasteiger partial charge in [0.25, 0.3) is 0 Å². The number of nitrogens with zero attached hydrogens (tertiary/aromatic N) is 1. The number of carbonyl (C=O) groups excluding carboxylic acids is 1. The summed E-state index contributed by atoms with van der Waals surface area (Å²) in [6, 6.07) is 3.43. The van der Waals surface area contributed by atoms with Gasteiger partial charge in [0.15, 0.2) is 0 Å². The molecule has 7 heteroatoms. The molecule has 0 aromatic heterocycles. The van der Waals surface area contributed by atoms with Gasteiger partial charge >= 0.3 is 5.69 Å². The van der Waals surface area contributed by atoms with Crippen molar-refractivity contribution >= 4 is 11.6 Å². The van der Waals surface area contributed by atoms with Crippen LogP contribution in [0.15, 0.2) is 18.2 Å². The summed E-state index contributed by atoms with van der Waals surface area (Å²) in [5, 5.41) is 16.3. The van der Waals surface area contributed by atoms with Gasteiger partial charge in [-0.05, 0) is 27.7 Å². The molecule has 1 amide bonds. The van der Waals surface area contributed by atoms with Crippen molar-refractivity contribution in [3.63, 3.8) is 0 Å². The van der Waals surface area contributed by atoms with Crippen LogP contribution >= 0.6 is 0 Å². The predicted molar refractivity (Wildman–Crippen MR) is 77.3 cm³/mol. The standard InChI is InChI=1S/C14H20FN3O3/c1-9(13(19)17-14(2,3)4)16-8-10-6-5-7-11(12(10)15)18(20)21/h5-7,9,16H,8H2,1-4H3,(H,17,19). The first-order chi connectivity index (χ1) is 9.61. The van der Waals surface area contributed by atoms with Crippen molar-refractivity contribution in [1.29, 1.82) is 0 Å². The zero-order valence-corrected chi connectivity index (χ0v) is 12.6. The van der Waals surface area contributed by atoms with Gasteiger partial charge < -0.3 is 10.6 Å². The molecule has 1 atom stereocenters. The minimum atomic E-state index is -0.876. The van der Waals surface area contributed by atoms with Crippen molar-refractivity contribution < 1.29 is 14.1 Å². The molecule has 0 saturated carbocycles. The van der Waals surface area contributed by atoms with Gasteiger partial charge in [0, 0.05) is 23.7 Å². The van der Waals surface area contributed by atoms with E-state index in [0.29, 0.717) is 0 Å². The summed E-state index contributed by atoms with van der Waals surface area (Å²) in [4.78, 5) is 21.8. The van der Waals surface area contributed by atoms with E-state index in [1.165, 1.54) is 12.1 Å². The maximum absolute atomic E-state index is 13.9. The van der Waals surface area contributed by atoms with Crippen LogP contribution in [0.4, 0.5) is 10.1 Å². The minimum Gasteiger partial charge on any atom is -0.350 e. The quantitative estimate of drug-likeness (QED) is 0.644. The Morgan fingerprint density at radius 2 is 2.05 bits per heavy atom. The van der Waals surface area contributed by atoms with Crippen molar-refractivity contribution in [3.05, 3.63) is 39.7 Å². The third-order valence-corrected chi connectivity index (χ3v) is 2.75. The molecule has 0 aliphatic heterocycles. The summed E-state index contributed by atoms with van der Waals surface area (Å²) < 4.78 is 13.9. The monoisotopic (exact) mass is 297 g/mol. The maximum atomic E-state index is 13.9. The highest BCUT2D eigenvalue weighted by molar-refractivity contribution is 5.81. The van der Waals surface area contributed by atoms with Gasteiger partial charge in [-0.2, -0.15) is 4.39 Å². The van der Waals surface area contributed by atoms with E-state index in [1.807, 2.05) is 20.8 Å². The van der Waals surface area contributed by atoms with Crippen LogP contribution in [0.5, 0.6) is 0 Å². The molecule has 6 nitrogen and oxygen atoms in total. The zero-order valence-electron chi connectivity index (χ0n) is 12.6. The Bertz CT molecular complexity index is 541. The van der Waals surface area contributed by atoms with Crippen LogP contribution in [0.1, 0.15) is 33.3 Å². The Morgan fingerprint density at radius 3 is 2.57 bits per heavy atom. The molecule has 0 spiro atoms. The first-order valence-corrected chi connectivity index (χ1v) is 6.59. The van der Waals surface area contributed by atoms with E-state index in [0.717, 1.165) is 6.07 Å². The molecular formula is C14H20FN3O3. The largest absolute Gasteiger partial charge is 0.350 e. The van der Waals surface area contributed by atoms with Gasteiger partial charge in [0.2, 0.25) is 11.7 Å². The molecule has 2 N–H and O–H groups in total. The van der Waals surface area contributed by atoms with Crippen LogP contribution in [0.25, 0.3) is 0 Å². The molecule has 0 saturated heterocycles. The Hall–Kier alpha value is -2.02. The summed E-state index contributed by atoms with van der Waals surface area (Å²) in [5.41, 5.74) is -0.773. The fourth-order valence-corrected chi connectivity index (χ4v) is 1.68. The zero-order chi connectivity index (χ0) is 16.2. The molecular weight excluding hydrogens is 277 g/mol. The number of hydrogen-bond acceptors (Lipinski definition) is 4. The van der Waals surface area contributed by atoms with Crippen LogP contribution in [0.2, 0.25) is 0 Å². The van der Waals surface area contributed by atoms with Crippen LogP contribution < -0.4 is 10.6 Å². The van der Waals surface area contributed by atoms with Crippen molar-refractivity contribution in [1.82, 2.24) is 10.6 Å². The first-order valence-electron chi connectivity index (χ1n) is 6.59. The number of nitro benzene ring substituents is 1. The van der Waals surface area contributed by atoms with Crippen molar-refractivity contribution in [2.24, 2.45) is 0 Å². The van der Waals surface area contributed by atoms with Gasteiger partial charge in [0.1, 0.15) is 0 Å². The molecule has 116 valence electrons. The highest BCUT2D eigenvalue weighted by Crippen LogP contribution is 2.20. The highest BCUT2D eigenvalue weighted by atomic mass is 19.1. The number of halogens is 1. The molecule has 1 aromatic rings. The van der Waals surface area contributed by atoms with E-state index < -0.39 is 22.5 Å². The van der Waals surface area contributed by atoms with E-state index >= 15 is 0 Å². The van der Waals surface area contributed by atoms with Gasteiger partial charge in [0.05, 0.1) is 11.0 Å². The fraction of sp³-hybridized carbons (Fsp3) is 0.500. The van der Waals surface area contributed by atoms with E-state index in [4.69, 9.17) is 0 Å². The summed E-state index contributed by atoms with van der Waals surface area (Å²) >= 11 is 0. The Balaban J connectivity index is 2.70. The lowest BCUT2D eigenvalue weighted by atomic mass is 10.1. The Morgan fingerprint density at radius 1 is 1.43 bits per heavy atom. The summed E-state index contributed by atoms with van der Waals surface area (Å²) in [7, 11) is 0. The number of rotatable bonds is 5. The second kappa shape index (κ2) is 6.62. The average molecular weight is 297 g/mol. The minimum absolute atomic E-state index is 0.0340. The molecule has 1 aromatic carbocycles. The lowest BCUT2D eigenvalue weighted by molar-refractivity contribution is -0.387. The van der Waals surface area contributed by atoms with Crippen molar-refractivity contribution in [2.75, 3.05) is 0 Å². The highest BCUT2D eigenvalue weighted by Gasteiger charge is 2.21. The SMILES string of the molecule is CC(NCc1cccc([N+](=O)[O-])c1F)C(=O)NC(C)(C)C. The van der Waals surface area contributed by atoms with E-state index in [-0.39, 0.29) is 23.6 Å². The maximum Gasteiger partial charge on any atom is 0.305 e. The third-order valence-electron chi connectivity index (χ3n) is 2.75. The lowest BCUT2D eigenvalue weighted by Crippen LogP contribution is -2.49. The summed E-state index contributed by atoms with van der Waals surface area (Å²) in [5.74, 6) is -1.09. The molecule has 0 heterocycles. The van der Waals surface area contributed by atoms with E-state index in [2.05, 4.69) is 10.6 Å². The second-order valence-electron chi connectivity index (χ2n) is 5.85. The van der Waals surface area contributed by atoms with E-state index in [9.17, 15) is 19.3 Å². The topological polar surface area (TPSA) is 84.3 Å². The number of hydrogen-bond donors (Lipinski definition) is 2. The van der Waals surface area contributed by atoms with E-state index in [1.54, 1.807) is 6.92 Å². The number of amides is 1. The van der Waals surface area contributed by atoms with Gasteiger partial charge in [-0.3, -0.25) is 14.9 Å². The molecule has 0 fully saturated rings. The molecule has 21 heavy (non-hydrogen) atoms. The molecule has 0 bridgehead atoms. The Kier molecular flexibility index (Phi) is 5.37. The number of nitro groups is 1. The average Bonchev–Trinajstić information content (AvgIpc) is 2.34. The van der Waals surface area contributed by atoms with Gasteiger partial charge in [-0.1, -0.05) is 12.1 Å². The number of carbonyl (C=O) groups is 1. The smallest absolute Gasteiger partial charge is 0.305 e. The Labute approximate surface area is 122 Å². The molecule has 0 aliphatic carbocycles. The molecule has 1 unspecified atom stereocenters. The van der Waals surface area contributed by atoms with Gasteiger partial charge in [-0.25, -0.2) is 0 Å². The van der Waals surface area contributed by atoms with Crippen molar-refractivity contribution in [2.45, 2.75) is 45.8 Å². The van der Waals surface area contributed by atoms with Crippen LogP contribution in [-0.2, 0) is 11.3 Å². The second-order valence-corrected chi connectivity index (χ2v) is 5.85. The number of benzene rings is 1. The normalized spacial score (nSPS) is 12.8. The molecule has 0 radical (unpaired) electrons. The van der Waals surface area contributed by atoms with Crippen LogP contribution in [-0.4, -0.2) is 22.4 Å². The fourth-order valence-electron chi connectivity index (χ4n) is 1.68. The lowest BCUT2D eigenvalue weighted by Gasteiger charge is -2.23. The van der Waals surface area contributed by atoms with Gasteiger partial charge in [-0.15, -0.1) is 0 Å². The van der Waals surface area contributed by atoms with Crippen molar-refractivity contribution in [3.8, 4) is 0 Å². The van der Waals surface area contributed by atoms with Crippen LogP contribution in [0, 0.1) is 15.9 Å². The number of nitrogens with one attached hydrogen (secondary N) is 2. The third kappa shape index (κ3) is 5.11. The molecule has 0 aliphatic rings. The predicted octanol–water partition coefficient (Wildman–Crippen LogP) is 2.13.